The van der Waals surface area contributed by atoms with E-state index < -0.39 is 0 Å². The van der Waals surface area contributed by atoms with Gasteiger partial charge >= 0.3 is 0 Å². The van der Waals surface area contributed by atoms with E-state index in [1.54, 1.807) is 21.9 Å². The number of rotatable bonds is 4. The molecule has 6 heteroatoms. The minimum absolute atomic E-state index is 0.103. The number of primary amides is 1. The molecule has 1 aromatic heterocycles. The van der Waals surface area contributed by atoms with E-state index in [0.29, 0.717) is 13.1 Å². The Morgan fingerprint density at radius 1 is 1.25 bits per heavy atom. The van der Waals surface area contributed by atoms with Crippen molar-refractivity contribution < 1.29 is 9.59 Å². The van der Waals surface area contributed by atoms with E-state index >= 15 is 0 Å². The zero-order valence-electron chi connectivity index (χ0n) is 13.3. The average molecular weight is 324 g/mol. The van der Waals surface area contributed by atoms with Gasteiger partial charge in [-0.3, -0.25) is 9.59 Å². The van der Waals surface area contributed by atoms with Gasteiger partial charge in [0.1, 0.15) is 0 Å². The Kier molecular flexibility index (Phi) is 4.74. The largest absolute Gasteiger partial charge is 0.369 e. The van der Waals surface area contributed by atoms with E-state index in [-0.39, 0.29) is 17.7 Å². The second-order valence-electron chi connectivity index (χ2n) is 5.91. The first-order chi connectivity index (χ1) is 11.6. The summed E-state index contributed by atoms with van der Waals surface area (Å²) in [7, 11) is 0. The Morgan fingerprint density at radius 2 is 2.04 bits per heavy atom. The van der Waals surface area contributed by atoms with Crippen molar-refractivity contribution in [1.82, 2.24) is 14.7 Å². The van der Waals surface area contributed by atoms with Gasteiger partial charge in [-0.05, 0) is 31.1 Å². The molecule has 2 heterocycles. The van der Waals surface area contributed by atoms with Crippen molar-refractivity contribution in [3.63, 3.8) is 0 Å². The van der Waals surface area contributed by atoms with Crippen LogP contribution in [0.15, 0.2) is 48.8 Å². The number of nitrogens with zero attached hydrogens (tertiary/aromatic N) is 3. The van der Waals surface area contributed by atoms with Gasteiger partial charge < -0.3 is 10.6 Å². The highest BCUT2D eigenvalue weighted by molar-refractivity contribution is 5.92. The molecule has 2 amide bonds. The summed E-state index contributed by atoms with van der Waals surface area (Å²) >= 11 is 0. The van der Waals surface area contributed by atoms with Crippen molar-refractivity contribution in [1.29, 1.82) is 0 Å². The van der Waals surface area contributed by atoms with Crippen LogP contribution in [0.5, 0.6) is 0 Å². The molecule has 6 nitrogen and oxygen atoms in total. The number of piperidine rings is 1. The van der Waals surface area contributed by atoms with E-state index in [4.69, 9.17) is 5.73 Å². The minimum Gasteiger partial charge on any atom is -0.369 e. The Morgan fingerprint density at radius 3 is 2.79 bits per heavy atom. The van der Waals surface area contributed by atoms with Gasteiger partial charge in [0.15, 0.2) is 0 Å². The summed E-state index contributed by atoms with van der Waals surface area (Å²) in [4.78, 5) is 25.2. The maximum atomic E-state index is 12.3. The van der Waals surface area contributed by atoms with Crippen LogP contribution >= 0.6 is 0 Å². The lowest BCUT2D eigenvalue weighted by molar-refractivity contribution is -0.130. The van der Waals surface area contributed by atoms with E-state index in [1.165, 1.54) is 6.08 Å². The van der Waals surface area contributed by atoms with E-state index in [2.05, 4.69) is 5.10 Å². The molecule has 24 heavy (non-hydrogen) atoms. The quantitative estimate of drug-likeness (QED) is 0.868. The number of benzene rings is 1. The van der Waals surface area contributed by atoms with Gasteiger partial charge in [0.05, 0.1) is 17.8 Å². The predicted molar refractivity (Wildman–Crippen MR) is 91.1 cm³/mol. The highest BCUT2D eigenvalue weighted by atomic mass is 16.2. The third kappa shape index (κ3) is 3.71. The van der Waals surface area contributed by atoms with E-state index in [9.17, 15) is 9.59 Å². The zero-order valence-corrected chi connectivity index (χ0v) is 13.3. The Balaban J connectivity index is 1.64. The summed E-state index contributed by atoms with van der Waals surface area (Å²) in [5.41, 5.74) is 7.15. The normalized spacial score (nSPS) is 18.0. The van der Waals surface area contributed by atoms with Crippen LogP contribution in [0.25, 0.3) is 11.8 Å². The number of hydrogen-bond acceptors (Lipinski definition) is 3. The van der Waals surface area contributed by atoms with Crippen LogP contribution in [-0.4, -0.2) is 39.6 Å². The minimum atomic E-state index is -0.333. The third-order valence-corrected chi connectivity index (χ3v) is 4.18. The van der Waals surface area contributed by atoms with Crippen molar-refractivity contribution in [2.75, 3.05) is 13.1 Å². The Bertz CT molecular complexity index is 751. The van der Waals surface area contributed by atoms with Crippen LogP contribution < -0.4 is 5.73 Å². The number of hydrogen-bond donors (Lipinski definition) is 1. The molecule has 0 bridgehead atoms. The fraction of sp³-hybridized carbons (Fsp3) is 0.278. The van der Waals surface area contributed by atoms with Gasteiger partial charge in [-0.25, -0.2) is 4.68 Å². The third-order valence-electron chi connectivity index (χ3n) is 4.18. The van der Waals surface area contributed by atoms with Gasteiger partial charge in [-0.1, -0.05) is 18.2 Å². The van der Waals surface area contributed by atoms with Crippen molar-refractivity contribution >= 4 is 17.9 Å². The number of nitrogens with two attached hydrogens (primary N) is 1. The molecule has 0 aliphatic carbocycles. The van der Waals surface area contributed by atoms with Crippen LogP contribution in [0.3, 0.4) is 0 Å². The zero-order chi connectivity index (χ0) is 16.9. The molecule has 1 aliphatic heterocycles. The van der Waals surface area contributed by atoms with E-state index in [1.807, 2.05) is 36.5 Å². The number of carbonyl (C=O) groups excluding carboxylic acids is 2. The molecule has 1 aromatic carbocycles. The topological polar surface area (TPSA) is 81.2 Å². The number of aromatic nitrogens is 2. The second kappa shape index (κ2) is 7.12. The lowest BCUT2D eigenvalue weighted by Gasteiger charge is -2.30. The lowest BCUT2D eigenvalue weighted by atomic mass is 9.97. The molecule has 0 spiro atoms. The van der Waals surface area contributed by atoms with Gasteiger partial charge in [-0.15, -0.1) is 0 Å². The summed E-state index contributed by atoms with van der Waals surface area (Å²) in [5, 5.41) is 4.29. The summed E-state index contributed by atoms with van der Waals surface area (Å²) < 4.78 is 1.76. The number of para-hydroxylation sites is 1. The molecule has 2 aromatic rings. The molecule has 0 radical (unpaired) electrons. The fourth-order valence-corrected chi connectivity index (χ4v) is 2.83. The highest BCUT2D eigenvalue weighted by Crippen LogP contribution is 2.16. The summed E-state index contributed by atoms with van der Waals surface area (Å²) in [6.07, 6.45) is 8.39. The number of carbonyl (C=O) groups is 2. The van der Waals surface area contributed by atoms with Gasteiger partial charge in [-0.2, -0.15) is 5.10 Å². The Labute approximate surface area is 140 Å². The number of likely N-dealkylation sites (tertiary alicyclic amines) is 1. The molecular weight excluding hydrogens is 304 g/mol. The molecule has 0 saturated carbocycles. The van der Waals surface area contributed by atoms with Gasteiger partial charge in [0.25, 0.3) is 0 Å². The average Bonchev–Trinajstić information content (AvgIpc) is 3.09. The van der Waals surface area contributed by atoms with Crippen LogP contribution in [0.4, 0.5) is 0 Å². The molecule has 124 valence electrons. The van der Waals surface area contributed by atoms with E-state index in [0.717, 1.165) is 24.1 Å². The molecule has 1 aliphatic rings. The summed E-state index contributed by atoms with van der Waals surface area (Å²) in [6.45, 7) is 1.07. The van der Waals surface area contributed by atoms with Crippen LogP contribution in [0.2, 0.25) is 0 Å². The lowest BCUT2D eigenvalue weighted by Crippen LogP contribution is -2.43. The molecule has 2 N–H and O–H groups in total. The maximum Gasteiger partial charge on any atom is 0.246 e. The molecule has 1 fully saturated rings. The molecular formula is C18H20N4O2. The monoisotopic (exact) mass is 324 g/mol. The van der Waals surface area contributed by atoms with Crippen molar-refractivity contribution in [3.8, 4) is 5.69 Å². The van der Waals surface area contributed by atoms with Crippen LogP contribution in [0.1, 0.15) is 18.4 Å². The van der Waals surface area contributed by atoms with Crippen molar-refractivity contribution in [2.24, 2.45) is 11.7 Å². The second-order valence-corrected chi connectivity index (χ2v) is 5.91. The SMILES string of the molecule is NC(=O)[C@@H]1CCCN(C(=O)/C=C\c2cnn(-c3ccccc3)c2)C1. The molecule has 1 saturated heterocycles. The maximum absolute atomic E-state index is 12.3. The summed E-state index contributed by atoms with van der Waals surface area (Å²) in [6, 6.07) is 9.76. The van der Waals surface area contributed by atoms with Gasteiger partial charge in [0.2, 0.25) is 11.8 Å². The predicted octanol–water partition coefficient (Wildman–Crippen LogP) is 1.61. The first-order valence-electron chi connectivity index (χ1n) is 8.00. The smallest absolute Gasteiger partial charge is 0.246 e. The standard InChI is InChI=1S/C18H20N4O2/c19-18(24)15-5-4-10-21(13-15)17(23)9-8-14-11-20-22(12-14)16-6-2-1-3-7-16/h1-3,6-9,11-12,15H,4-5,10,13H2,(H2,19,24)/b9-8-/t15-/m1/s1. The molecule has 1 atom stereocenters. The molecule has 3 rings (SSSR count). The fourth-order valence-electron chi connectivity index (χ4n) is 2.83. The molecule has 0 unspecified atom stereocenters. The van der Waals surface area contributed by atoms with Gasteiger partial charge in [0, 0.05) is 30.9 Å². The summed E-state index contributed by atoms with van der Waals surface area (Å²) in [5.74, 6) is -0.675. The Hall–Kier alpha value is -2.89. The van der Waals surface area contributed by atoms with Crippen LogP contribution in [-0.2, 0) is 9.59 Å². The van der Waals surface area contributed by atoms with Crippen molar-refractivity contribution in [3.05, 3.63) is 54.4 Å². The highest BCUT2D eigenvalue weighted by Gasteiger charge is 2.25. The first-order valence-corrected chi connectivity index (χ1v) is 8.00. The van der Waals surface area contributed by atoms with Crippen molar-refractivity contribution in [2.45, 2.75) is 12.8 Å². The van der Waals surface area contributed by atoms with Crippen LogP contribution in [0, 0.1) is 5.92 Å². The number of amides is 2. The first kappa shape index (κ1) is 16.0.